The summed E-state index contributed by atoms with van der Waals surface area (Å²) >= 11 is 0. The summed E-state index contributed by atoms with van der Waals surface area (Å²) in [6.07, 6.45) is -5.27. The lowest BCUT2D eigenvalue weighted by Gasteiger charge is -2.18. The molecular formula is C7H8F4N2O4. The van der Waals surface area contributed by atoms with Crippen molar-refractivity contribution >= 4 is 17.8 Å². The van der Waals surface area contributed by atoms with E-state index in [-0.39, 0.29) is 0 Å². The number of amides is 2. The zero-order valence-corrected chi connectivity index (χ0v) is 8.12. The molecule has 0 aliphatic rings. The molecule has 0 aromatic heterocycles. The van der Waals surface area contributed by atoms with E-state index in [1.807, 2.05) is 0 Å². The van der Waals surface area contributed by atoms with Gasteiger partial charge in [0.1, 0.15) is 6.04 Å². The van der Waals surface area contributed by atoms with Gasteiger partial charge >= 0.3 is 18.3 Å². The molecule has 1 atom stereocenters. The topological polar surface area (TPSA) is 109 Å². The molecule has 1 unspecified atom stereocenters. The number of hydrogen-bond acceptors (Lipinski definition) is 3. The van der Waals surface area contributed by atoms with Gasteiger partial charge in [-0.05, 0) is 0 Å². The Hall–Kier alpha value is -1.87. The lowest BCUT2D eigenvalue weighted by Crippen LogP contribution is -2.52. The van der Waals surface area contributed by atoms with Crippen molar-refractivity contribution in [1.29, 1.82) is 0 Å². The Morgan fingerprint density at radius 2 is 1.76 bits per heavy atom. The Bertz CT molecular complexity index is 334. The van der Waals surface area contributed by atoms with Crippen LogP contribution >= 0.6 is 0 Å². The van der Waals surface area contributed by atoms with Crippen molar-refractivity contribution in [3.63, 3.8) is 0 Å². The fourth-order valence-corrected chi connectivity index (χ4v) is 0.755. The second-order valence-corrected chi connectivity index (χ2v) is 2.96. The molecule has 0 aromatic carbocycles. The van der Waals surface area contributed by atoms with E-state index in [4.69, 9.17) is 5.11 Å². The number of carboxylic acid groups (broad SMARTS) is 1. The van der Waals surface area contributed by atoms with Crippen LogP contribution in [0.3, 0.4) is 0 Å². The lowest BCUT2D eigenvalue weighted by atomic mass is 10.2. The molecule has 2 amide bonds. The zero-order valence-electron chi connectivity index (χ0n) is 8.12. The van der Waals surface area contributed by atoms with Crippen LogP contribution in [0.5, 0.6) is 0 Å². The van der Waals surface area contributed by atoms with E-state index in [1.165, 1.54) is 0 Å². The predicted molar refractivity (Wildman–Crippen MR) is 44.3 cm³/mol. The second kappa shape index (κ2) is 5.46. The first-order valence-electron chi connectivity index (χ1n) is 4.07. The maximum absolute atomic E-state index is 12.4. The first kappa shape index (κ1) is 15.1. The van der Waals surface area contributed by atoms with Gasteiger partial charge in [-0.15, -0.1) is 0 Å². The third-order valence-corrected chi connectivity index (χ3v) is 1.59. The van der Waals surface area contributed by atoms with Crippen molar-refractivity contribution < 1.29 is 37.1 Å². The summed E-state index contributed by atoms with van der Waals surface area (Å²) in [7, 11) is 0. The number of carboxylic acids is 1. The molecule has 0 heterocycles. The number of hydrogen-bond donors (Lipinski definition) is 3. The van der Waals surface area contributed by atoms with E-state index in [0.717, 1.165) is 5.32 Å². The number of primary amides is 1. The first-order valence-corrected chi connectivity index (χ1v) is 4.07. The molecular weight excluding hydrogens is 252 g/mol. The van der Waals surface area contributed by atoms with Crippen molar-refractivity contribution in [1.82, 2.24) is 5.32 Å². The normalized spacial score (nSPS) is 13.2. The van der Waals surface area contributed by atoms with Crippen LogP contribution in [0.25, 0.3) is 0 Å². The number of rotatable bonds is 6. The van der Waals surface area contributed by atoms with Crippen LogP contribution in [0.1, 0.15) is 6.42 Å². The lowest BCUT2D eigenvalue weighted by molar-refractivity contribution is -0.171. The Balaban J connectivity index is 4.73. The molecule has 0 aliphatic carbocycles. The Labute approximate surface area is 91.8 Å². The molecule has 0 radical (unpaired) electrons. The summed E-state index contributed by atoms with van der Waals surface area (Å²) in [5, 5.41) is 9.52. The third-order valence-electron chi connectivity index (χ3n) is 1.59. The molecule has 0 bridgehead atoms. The molecule has 10 heteroatoms. The molecule has 17 heavy (non-hydrogen) atoms. The summed E-state index contributed by atoms with van der Waals surface area (Å²) in [5.41, 5.74) is 4.59. The van der Waals surface area contributed by atoms with Crippen LogP contribution in [-0.4, -0.2) is 41.3 Å². The molecule has 0 rings (SSSR count). The van der Waals surface area contributed by atoms with Crippen molar-refractivity contribution in [2.24, 2.45) is 5.73 Å². The SMILES string of the molecule is NC(=O)CC(NC(=O)C(F)(F)C(F)F)C(=O)O. The minimum Gasteiger partial charge on any atom is -0.480 e. The minimum atomic E-state index is -5.04. The van der Waals surface area contributed by atoms with Crippen LogP contribution in [-0.2, 0) is 14.4 Å². The van der Waals surface area contributed by atoms with Gasteiger partial charge in [-0.3, -0.25) is 9.59 Å². The molecule has 0 aromatic rings. The summed E-state index contributed by atoms with van der Waals surface area (Å²) in [6, 6.07) is -2.08. The highest BCUT2D eigenvalue weighted by molar-refractivity contribution is 5.91. The van der Waals surface area contributed by atoms with E-state index in [1.54, 1.807) is 0 Å². The molecule has 0 saturated carbocycles. The van der Waals surface area contributed by atoms with E-state index in [0.29, 0.717) is 0 Å². The molecule has 6 nitrogen and oxygen atoms in total. The maximum Gasteiger partial charge on any atom is 0.383 e. The summed E-state index contributed by atoms with van der Waals surface area (Å²) in [5.74, 6) is -10.6. The van der Waals surface area contributed by atoms with E-state index in [9.17, 15) is 31.9 Å². The van der Waals surface area contributed by atoms with Crippen LogP contribution in [0.15, 0.2) is 0 Å². The highest BCUT2D eigenvalue weighted by Gasteiger charge is 2.49. The number of alkyl halides is 4. The van der Waals surface area contributed by atoms with E-state index >= 15 is 0 Å². The number of carbonyl (C=O) groups is 3. The molecule has 0 spiro atoms. The van der Waals surface area contributed by atoms with Gasteiger partial charge in [-0.25, -0.2) is 13.6 Å². The van der Waals surface area contributed by atoms with Gasteiger partial charge < -0.3 is 16.2 Å². The van der Waals surface area contributed by atoms with Gasteiger partial charge in [0.25, 0.3) is 5.91 Å². The monoisotopic (exact) mass is 260 g/mol. The van der Waals surface area contributed by atoms with Gasteiger partial charge in [0.15, 0.2) is 0 Å². The average Bonchev–Trinajstić information content (AvgIpc) is 2.15. The van der Waals surface area contributed by atoms with Gasteiger partial charge in [0, 0.05) is 0 Å². The summed E-state index contributed by atoms with van der Waals surface area (Å²) < 4.78 is 48.3. The van der Waals surface area contributed by atoms with Gasteiger partial charge in [-0.1, -0.05) is 0 Å². The van der Waals surface area contributed by atoms with Gasteiger partial charge in [0.05, 0.1) is 6.42 Å². The summed E-state index contributed by atoms with van der Waals surface area (Å²) in [4.78, 5) is 31.4. The maximum atomic E-state index is 12.4. The fourth-order valence-electron chi connectivity index (χ4n) is 0.755. The number of aliphatic carboxylic acids is 1. The van der Waals surface area contributed by atoms with Gasteiger partial charge in [-0.2, -0.15) is 8.78 Å². The van der Waals surface area contributed by atoms with E-state index in [2.05, 4.69) is 5.73 Å². The standard InChI is InChI=1S/C7H8F4N2O4/c8-5(9)7(10,11)6(17)13-2(4(15)16)1-3(12)14/h2,5H,1H2,(H2,12,14)(H,13,17)(H,15,16). The van der Waals surface area contributed by atoms with Gasteiger partial charge in [0.2, 0.25) is 5.91 Å². The van der Waals surface area contributed by atoms with Crippen molar-refractivity contribution in [2.45, 2.75) is 24.8 Å². The highest BCUT2D eigenvalue weighted by Crippen LogP contribution is 2.23. The van der Waals surface area contributed by atoms with Crippen molar-refractivity contribution in [2.75, 3.05) is 0 Å². The highest BCUT2D eigenvalue weighted by atomic mass is 19.3. The zero-order chi connectivity index (χ0) is 13.8. The molecule has 0 saturated heterocycles. The van der Waals surface area contributed by atoms with Crippen molar-refractivity contribution in [3.8, 4) is 0 Å². The smallest absolute Gasteiger partial charge is 0.383 e. The molecule has 0 fully saturated rings. The second-order valence-electron chi connectivity index (χ2n) is 2.96. The number of nitrogens with one attached hydrogen (secondary N) is 1. The third kappa shape index (κ3) is 4.25. The minimum absolute atomic E-state index is 0.986. The van der Waals surface area contributed by atoms with Crippen LogP contribution in [0.2, 0.25) is 0 Å². The summed E-state index contributed by atoms with van der Waals surface area (Å²) in [6.45, 7) is 0. The Morgan fingerprint density at radius 1 is 1.29 bits per heavy atom. The average molecular weight is 260 g/mol. The first-order chi connectivity index (χ1) is 7.59. The predicted octanol–water partition coefficient (Wildman–Crippen LogP) is -0.668. The van der Waals surface area contributed by atoms with Crippen LogP contribution in [0.4, 0.5) is 17.6 Å². The van der Waals surface area contributed by atoms with Crippen molar-refractivity contribution in [3.05, 3.63) is 0 Å². The fraction of sp³-hybridized carbons (Fsp3) is 0.571. The Kier molecular flexibility index (Phi) is 4.86. The number of halogens is 4. The van der Waals surface area contributed by atoms with Crippen LogP contribution < -0.4 is 11.1 Å². The molecule has 4 N–H and O–H groups in total. The van der Waals surface area contributed by atoms with Crippen LogP contribution in [0, 0.1) is 0 Å². The largest absolute Gasteiger partial charge is 0.480 e. The molecule has 0 aliphatic heterocycles. The molecule has 98 valence electrons. The number of carbonyl (C=O) groups excluding carboxylic acids is 2. The number of nitrogens with two attached hydrogens (primary N) is 1. The van der Waals surface area contributed by atoms with E-state index < -0.39 is 42.6 Å². The quantitative estimate of drug-likeness (QED) is 0.550. The Morgan fingerprint density at radius 3 is 2.06 bits per heavy atom.